The van der Waals surface area contributed by atoms with Crippen LogP contribution in [0.25, 0.3) is 0 Å². The lowest BCUT2D eigenvalue weighted by Gasteiger charge is -2.33. The highest BCUT2D eigenvalue weighted by Crippen LogP contribution is 2.44. The molecule has 2 rings (SSSR count). The Kier molecular flexibility index (Phi) is 3.93. The molecule has 1 aliphatic rings. The third kappa shape index (κ3) is 2.43. The molecule has 0 amide bonds. The van der Waals surface area contributed by atoms with E-state index in [2.05, 4.69) is 37.9 Å². The molecule has 1 aromatic heterocycles. The second-order valence-electron chi connectivity index (χ2n) is 4.05. The first kappa shape index (κ1) is 13.1. The van der Waals surface area contributed by atoms with Crippen LogP contribution in [0.2, 0.25) is 0 Å². The van der Waals surface area contributed by atoms with E-state index in [0.29, 0.717) is 36.5 Å². The number of rotatable bonds is 2. The molecule has 17 heavy (non-hydrogen) atoms. The van der Waals surface area contributed by atoms with Gasteiger partial charge in [0.15, 0.2) is 4.67 Å². The van der Waals surface area contributed by atoms with Crippen molar-refractivity contribution in [2.75, 3.05) is 13.2 Å². The summed E-state index contributed by atoms with van der Waals surface area (Å²) < 4.78 is 11.9. The lowest BCUT2D eigenvalue weighted by Crippen LogP contribution is -2.34. The van der Waals surface area contributed by atoms with E-state index in [1.165, 1.54) is 0 Å². The van der Waals surface area contributed by atoms with Gasteiger partial charge in [-0.1, -0.05) is 0 Å². The van der Waals surface area contributed by atoms with Gasteiger partial charge in [-0.3, -0.25) is 0 Å². The molecule has 4 nitrogen and oxygen atoms in total. The van der Waals surface area contributed by atoms with E-state index in [1.807, 2.05) is 0 Å². The number of nitriles is 1. The molecule has 6 heteroatoms. The molecule has 2 heterocycles. The van der Waals surface area contributed by atoms with Crippen molar-refractivity contribution < 1.29 is 14.3 Å². The van der Waals surface area contributed by atoms with Gasteiger partial charge < -0.3 is 14.3 Å². The summed E-state index contributed by atoms with van der Waals surface area (Å²) in [5.41, 5.74) is -0.811. The van der Waals surface area contributed by atoms with E-state index in [0.717, 1.165) is 4.47 Å². The van der Waals surface area contributed by atoms with Crippen LogP contribution in [-0.2, 0) is 4.74 Å². The Morgan fingerprint density at radius 2 is 2.06 bits per heavy atom. The van der Waals surface area contributed by atoms with Gasteiger partial charge in [0.25, 0.3) is 0 Å². The number of ether oxygens (including phenoxy) is 1. The van der Waals surface area contributed by atoms with Gasteiger partial charge in [-0.25, -0.2) is 0 Å². The lowest BCUT2D eigenvalue weighted by atomic mass is 9.76. The number of aliphatic hydroxyl groups excluding tert-OH is 1. The molecule has 1 unspecified atom stereocenters. The minimum absolute atomic E-state index is 0.396. The van der Waals surface area contributed by atoms with E-state index in [1.54, 1.807) is 6.07 Å². The van der Waals surface area contributed by atoms with Crippen LogP contribution >= 0.6 is 31.9 Å². The Hall–Kier alpha value is -0.350. The van der Waals surface area contributed by atoms with Crippen LogP contribution in [0, 0.1) is 16.7 Å². The van der Waals surface area contributed by atoms with E-state index in [4.69, 9.17) is 9.15 Å². The van der Waals surface area contributed by atoms with Crippen molar-refractivity contribution in [3.05, 3.63) is 21.0 Å². The Morgan fingerprint density at radius 1 is 1.41 bits per heavy atom. The van der Waals surface area contributed by atoms with Crippen molar-refractivity contribution in [3.8, 4) is 6.07 Å². The number of furan rings is 1. The molecule has 1 saturated heterocycles. The molecular weight excluding hydrogens is 354 g/mol. The molecule has 0 radical (unpaired) electrons. The Bertz CT molecular complexity index is 427. The Morgan fingerprint density at radius 3 is 2.53 bits per heavy atom. The van der Waals surface area contributed by atoms with Crippen LogP contribution in [0.4, 0.5) is 0 Å². The molecule has 1 fully saturated rings. The van der Waals surface area contributed by atoms with Crippen LogP contribution in [0.1, 0.15) is 24.7 Å². The zero-order valence-electron chi connectivity index (χ0n) is 8.95. The first-order valence-corrected chi connectivity index (χ1v) is 6.79. The van der Waals surface area contributed by atoms with Gasteiger partial charge >= 0.3 is 0 Å². The summed E-state index contributed by atoms with van der Waals surface area (Å²) in [6.07, 6.45) is 0.0975. The number of hydrogen-bond donors (Lipinski definition) is 1. The molecule has 1 aromatic rings. The fraction of sp³-hybridized carbons (Fsp3) is 0.545. The average molecular weight is 365 g/mol. The number of hydrogen-bond acceptors (Lipinski definition) is 4. The zero-order chi connectivity index (χ0) is 12.5. The monoisotopic (exact) mass is 363 g/mol. The highest BCUT2D eigenvalue weighted by atomic mass is 79.9. The maximum absolute atomic E-state index is 10.3. The molecule has 1 aliphatic heterocycles. The quantitative estimate of drug-likeness (QED) is 0.875. The minimum atomic E-state index is -0.931. The predicted octanol–water partition coefficient (Wildman–Crippen LogP) is 3.16. The molecule has 1 N–H and O–H groups in total. The maximum Gasteiger partial charge on any atom is 0.183 e. The third-order valence-electron chi connectivity index (χ3n) is 3.06. The van der Waals surface area contributed by atoms with Crippen molar-refractivity contribution in [2.24, 2.45) is 5.41 Å². The number of halogens is 2. The van der Waals surface area contributed by atoms with E-state index in [9.17, 15) is 10.4 Å². The number of aliphatic hydroxyl groups is 1. The molecule has 0 spiro atoms. The van der Waals surface area contributed by atoms with Gasteiger partial charge in [-0.15, -0.1) is 0 Å². The van der Waals surface area contributed by atoms with Crippen LogP contribution in [0.3, 0.4) is 0 Å². The molecule has 92 valence electrons. The van der Waals surface area contributed by atoms with Gasteiger partial charge in [-0.05, 0) is 50.8 Å². The summed E-state index contributed by atoms with van der Waals surface area (Å²) in [4.78, 5) is 0. The van der Waals surface area contributed by atoms with Crippen LogP contribution in [0.15, 0.2) is 19.6 Å². The summed E-state index contributed by atoms with van der Waals surface area (Å²) in [6, 6.07) is 3.91. The fourth-order valence-corrected chi connectivity index (χ4v) is 2.56. The van der Waals surface area contributed by atoms with Crippen molar-refractivity contribution in [1.29, 1.82) is 5.26 Å². The Labute approximate surface area is 116 Å². The summed E-state index contributed by atoms with van der Waals surface area (Å²) in [5.74, 6) is 0.396. The Balaban J connectivity index is 2.28. The largest absolute Gasteiger partial charge is 0.450 e. The SMILES string of the molecule is N#CC1(C(O)c2cc(Br)c(Br)o2)CCOCC1. The topological polar surface area (TPSA) is 66.4 Å². The van der Waals surface area contributed by atoms with Crippen molar-refractivity contribution >= 4 is 31.9 Å². The molecule has 0 aliphatic carbocycles. The molecule has 0 aromatic carbocycles. The number of nitrogens with zero attached hydrogens (tertiary/aromatic N) is 1. The summed E-state index contributed by atoms with van der Waals surface area (Å²) in [6.45, 7) is 0.987. The van der Waals surface area contributed by atoms with Gasteiger partial charge in [0, 0.05) is 13.2 Å². The minimum Gasteiger partial charge on any atom is -0.450 e. The normalized spacial score (nSPS) is 20.8. The second kappa shape index (κ2) is 5.11. The lowest BCUT2D eigenvalue weighted by molar-refractivity contribution is -0.0394. The van der Waals surface area contributed by atoms with Gasteiger partial charge in [0.05, 0.1) is 16.0 Å². The van der Waals surface area contributed by atoms with Crippen molar-refractivity contribution in [3.63, 3.8) is 0 Å². The third-order valence-corrected chi connectivity index (χ3v) is 4.77. The van der Waals surface area contributed by atoms with Crippen LogP contribution in [0.5, 0.6) is 0 Å². The molecule has 1 atom stereocenters. The van der Waals surface area contributed by atoms with Gasteiger partial charge in [-0.2, -0.15) is 5.26 Å². The second-order valence-corrected chi connectivity index (χ2v) is 5.63. The predicted molar refractivity (Wildman–Crippen MR) is 67.2 cm³/mol. The molecule has 0 bridgehead atoms. The van der Waals surface area contributed by atoms with Gasteiger partial charge in [0.1, 0.15) is 11.9 Å². The summed E-state index contributed by atoms with van der Waals surface area (Å²) >= 11 is 6.50. The van der Waals surface area contributed by atoms with Crippen molar-refractivity contribution in [1.82, 2.24) is 0 Å². The highest BCUT2D eigenvalue weighted by molar-refractivity contribution is 9.13. The smallest absolute Gasteiger partial charge is 0.183 e. The van der Waals surface area contributed by atoms with Gasteiger partial charge in [0.2, 0.25) is 0 Å². The first-order valence-electron chi connectivity index (χ1n) is 5.21. The fourth-order valence-electron chi connectivity index (χ4n) is 1.95. The summed E-state index contributed by atoms with van der Waals surface area (Å²) in [7, 11) is 0. The first-order chi connectivity index (χ1) is 8.09. The zero-order valence-corrected chi connectivity index (χ0v) is 12.1. The van der Waals surface area contributed by atoms with Crippen LogP contribution in [-0.4, -0.2) is 18.3 Å². The molecule has 0 saturated carbocycles. The maximum atomic E-state index is 10.3. The van der Waals surface area contributed by atoms with E-state index >= 15 is 0 Å². The standard InChI is InChI=1S/C11H11Br2NO3/c12-7-5-8(17-10(7)13)9(15)11(6-14)1-3-16-4-2-11/h5,9,15H,1-4H2. The van der Waals surface area contributed by atoms with E-state index in [-0.39, 0.29) is 0 Å². The molecular formula is C11H11Br2NO3. The van der Waals surface area contributed by atoms with E-state index < -0.39 is 11.5 Å². The average Bonchev–Trinajstić information content (AvgIpc) is 2.69. The summed E-state index contributed by atoms with van der Waals surface area (Å²) in [5, 5.41) is 19.6. The van der Waals surface area contributed by atoms with Crippen molar-refractivity contribution in [2.45, 2.75) is 18.9 Å². The highest BCUT2D eigenvalue weighted by Gasteiger charge is 2.42. The van der Waals surface area contributed by atoms with Crippen LogP contribution < -0.4 is 0 Å².